The molecule has 0 saturated heterocycles. The van der Waals surface area contributed by atoms with E-state index in [0.29, 0.717) is 0 Å². The average molecular weight is 224 g/mol. The molecule has 0 bridgehead atoms. The minimum absolute atomic E-state index is 0.0257. The van der Waals surface area contributed by atoms with E-state index in [-0.39, 0.29) is 16.2 Å². The lowest BCUT2D eigenvalue weighted by molar-refractivity contribution is 0.0691. The molecule has 6 heteroatoms. The summed E-state index contributed by atoms with van der Waals surface area (Å²) in [5.41, 5.74) is 5.04. The molecular weight excluding hydrogens is 216 g/mol. The van der Waals surface area contributed by atoms with Crippen molar-refractivity contribution >= 4 is 29.2 Å². The first-order chi connectivity index (χ1) is 7.02. The second kappa shape index (κ2) is 4.52. The summed E-state index contributed by atoms with van der Waals surface area (Å²) in [4.78, 5) is 22.2. The Labute approximate surface area is 90.9 Å². The highest BCUT2D eigenvalue weighted by Gasteiger charge is 2.15. The molecule has 0 aliphatic heterocycles. The molecule has 0 radical (unpaired) electrons. The maximum absolute atomic E-state index is 11.4. The molecule has 1 aromatic rings. The van der Waals surface area contributed by atoms with Crippen LogP contribution in [0, 0.1) is 0 Å². The Morgan fingerprint density at radius 3 is 2.27 bits per heavy atom. The van der Waals surface area contributed by atoms with Gasteiger partial charge in [0.2, 0.25) is 0 Å². The lowest BCUT2D eigenvalue weighted by atomic mass is 10.1. The third-order valence-electron chi connectivity index (χ3n) is 1.64. The minimum atomic E-state index is -1.18. The van der Waals surface area contributed by atoms with Crippen molar-refractivity contribution in [3.8, 4) is 0 Å². The van der Waals surface area contributed by atoms with Crippen LogP contribution in [-0.4, -0.2) is 22.1 Å². The standard InChI is InChI=1S/C9H8N2O3S/c10-9(15)11-7(12)5-3-1-2-4-6(5)8(13)14/h1-4H,(H,13,14)(H3,10,11,12,15). The van der Waals surface area contributed by atoms with Gasteiger partial charge in [-0.25, -0.2) is 4.79 Å². The van der Waals surface area contributed by atoms with Crippen molar-refractivity contribution in [2.75, 3.05) is 0 Å². The highest BCUT2D eigenvalue weighted by molar-refractivity contribution is 7.80. The van der Waals surface area contributed by atoms with Crippen LogP contribution in [-0.2, 0) is 0 Å². The maximum atomic E-state index is 11.4. The van der Waals surface area contributed by atoms with Crippen LogP contribution < -0.4 is 11.1 Å². The van der Waals surface area contributed by atoms with Crippen LogP contribution in [0.25, 0.3) is 0 Å². The number of carboxylic acid groups (broad SMARTS) is 1. The van der Waals surface area contributed by atoms with Crippen LogP contribution in [0.3, 0.4) is 0 Å². The minimum Gasteiger partial charge on any atom is -0.478 e. The molecule has 0 aliphatic carbocycles. The number of carbonyl (C=O) groups is 2. The number of thiocarbonyl (C=S) groups is 1. The summed E-state index contributed by atoms with van der Waals surface area (Å²) in [5.74, 6) is -1.80. The molecule has 78 valence electrons. The number of carboxylic acids is 1. The third kappa shape index (κ3) is 2.75. The first-order valence-electron chi connectivity index (χ1n) is 3.95. The van der Waals surface area contributed by atoms with Gasteiger partial charge < -0.3 is 10.8 Å². The van der Waals surface area contributed by atoms with Crippen molar-refractivity contribution in [2.45, 2.75) is 0 Å². The van der Waals surface area contributed by atoms with Gasteiger partial charge in [-0.05, 0) is 24.4 Å². The van der Waals surface area contributed by atoms with Crippen LogP contribution in [0.1, 0.15) is 20.7 Å². The van der Waals surface area contributed by atoms with Crippen molar-refractivity contribution in [3.05, 3.63) is 35.4 Å². The fourth-order valence-corrected chi connectivity index (χ4v) is 1.14. The smallest absolute Gasteiger partial charge is 0.336 e. The maximum Gasteiger partial charge on any atom is 0.336 e. The number of benzene rings is 1. The van der Waals surface area contributed by atoms with Gasteiger partial charge in [0.1, 0.15) is 0 Å². The van der Waals surface area contributed by atoms with Crippen LogP contribution in [0.5, 0.6) is 0 Å². The summed E-state index contributed by atoms with van der Waals surface area (Å²) in [6.07, 6.45) is 0. The van der Waals surface area contributed by atoms with Gasteiger partial charge in [0.15, 0.2) is 5.11 Å². The number of carbonyl (C=O) groups excluding carboxylic acids is 1. The van der Waals surface area contributed by atoms with Crippen molar-refractivity contribution in [1.29, 1.82) is 0 Å². The quantitative estimate of drug-likeness (QED) is 0.631. The first-order valence-corrected chi connectivity index (χ1v) is 4.36. The number of rotatable bonds is 2. The van der Waals surface area contributed by atoms with E-state index in [0.717, 1.165) is 0 Å². The summed E-state index contributed by atoms with van der Waals surface area (Å²) in [6.45, 7) is 0. The molecule has 4 N–H and O–H groups in total. The Morgan fingerprint density at radius 2 is 1.80 bits per heavy atom. The Hall–Kier alpha value is -1.95. The van der Waals surface area contributed by atoms with Crippen LogP contribution in [0.2, 0.25) is 0 Å². The molecule has 0 spiro atoms. The molecule has 1 aromatic carbocycles. The van der Waals surface area contributed by atoms with Crippen LogP contribution >= 0.6 is 12.2 Å². The van der Waals surface area contributed by atoms with Crippen LogP contribution in [0.4, 0.5) is 0 Å². The normalized spacial score (nSPS) is 9.33. The van der Waals surface area contributed by atoms with Gasteiger partial charge in [-0.15, -0.1) is 0 Å². The van der Waals surface area contributed by atoms with E-state index < -0.39 is 11.9 Å². The van der Waals surface area contributed by atoms with E-state index in [4.69, 9.17) is 10.8 Å². The van der Waals surface area contributed by atoms with Crippen molar-refractivity contribution in [3.63, 3.8) is 0 Å². The summed E-state index contributed by atoms with van der Waals surface area (Å²) < 4.78 is 0. The molecule has 15 heavy (non-hydrogen) atoms. The number of amides is 1. The van der Waals surface area contributed by atoms with Gasteiger partial charge in [0, 0.05) is 0 Å². The molecule has 0 heterocycles. The summed E-state index contributed by atoms with van der Waals surface area (Å²) in [7, 11) is 0. The Kier molecular flexibility index (Phi) is 3.35. The predicted octanol–water partition coefficient (Wildman–Crippen LogP) is 0.358. The van der Waals surface area contributed by atoms with Gasteiger partial charge in [0.25, 0.3) is 5.91 Å². The topological polar surface area (TPSA) is 92.4 Å². The zero-order chi connectivity index (χ0) is 11.4. The van der Waals surface area contributed by atoms with E-state index in [9.17, 15) is 9.59 Å². The van der Waals surface area contributed by atoms with E-state index in [1.807, 2.05) is 0 Å². The predicted molar refractivity (Wildman–Crippen MR) is 57.7 cm³/mol. The van der Waals surface area contributed by atoms with Crippen molar-refractivity contribution in [2.24, 2.45) is 5.73 Å². The van der Waals surface area contributed by atoms with Gasteiger partial charge in [-0.1, -0.05) is 12.1 Å². The molecule has 0 atom stereocenters. The second-order valence-electron chi connectivity index (χ2n) is 2.67. The fourth-order valence-electron chi connectivity index (χ4n) is 1.05. The second-order valence-corrected chi connectivity index (χ2v) is 3.11. The summed E-state index contributed by atoms with van der Waals surface area (Å²) >= 11 is 4.48. The van der Waals surface area contributed by atoms with Gasteiger partial charge >= 0.3 is 5.97 Å². The first kappa shape index (κ1) is 11.1. The van der Waals surface area contributed by atoms with E-state index >= 15 is 0 Å². The largest absolute Gasteiger partial charge is 0.478 e. The van der Waals surface area contributed by atoms with Crippen molar-refractivity contribution < 1.29 is 14.7 Å². The molecule has 0 unspecified atom stereocenters. The number of hydrogen-bond donors (Lipinski definition) is 3. The number of nitrogens with one attached hydrogen (secondary N) is 1. The number of hydrogen-bond acceptors (Lipinski definition) is 3. The monoisotopic (exact) mass is 224 g/mol. The highest BCUT2D eigenvalue weighted by atomic mass is 32.1. The zero-order valence-electron chi connectivity index (χ0n) is 7.56. The van der Waals surface area contributed by atoms with Crippen molar-refractivity contribution in [1.82, 2.24) is 5.32 Å². The van der Waals surface area contributed by atoms with Gasteiger partial charge in [0.05, 0.1) is 11.1 Å². The van der Waals surface area contributed by atoms with Gasteiger partial charge in [-0.2, -0.15) is 0 Å². The Bertz CT molecular complexity index is 431. The molecule has 1 rings (SSSR count). The molecule has 0 aromatic heterocycles. The van der Waals surface area contributed by atoms with Gasteiger partial charge in [-0.3, -0.25) is 10.1 Å². The Balaban J connectivity index is 3.08. The molecule has 1 amide bonds. The highest BCUT2D eigenvalue weighted by Crippen LogP contribution is 2.08. The lowest BCUT2D eigenvalue weighted by Crippen LogP contribution is -2.35. The zero-order valence-corrected chi connectivity index (χ0v) is 8.38. The molecule has 0 saturated carbocycles. The number of nitrogens with two attached hydrogens (primary N) is 1. The van der Waals surface area contributed by atoms with E-state index in [1.165, 1.54) is 18.2 Å². The molecule has 5 nitrogen and oxygen atoms in total. The summed E-state index contributed by atoms with van der Waals surface area (Å²) in [5, 5.41) is 10.8. The average Bonchev–Trinajstić information content (AvgIpc) is 2.16. The SMILES string of the molecule is NC(=S)NC(=O)c1ccccc1C(=O)O. The number of aromatic carboxylic acids is 1. The van der Waals surface area contributed by atoms with E-state index in [1.54, 1.807) is 6.07 Å². The van der Waals surface area contributed by atoms with Crippen LogP contribution in [0.15, 0.2) is 24.3 Å². The van der Waals surface area contributed by atoms with E-state index in [2.05, 4.69) is 17.5 Å². The summed E-state index contributed by atoms with van der Waals surface area (Å²) in [6, 6.07) is 5.80. The molecule has 0 aliphatic rings. The fraction of sp³-hybridized carbons (Fsp3) is 0. The Morgan fingerprint density at radius 1 is 1.27 bits per heavy atom. The molecule has 0 fully saturated rings. The lowest BCUT2D eigenvalue weighted by Gasteiger charge is -2.05. The molecular formula is C9H8N2O3S. The third-order valence-corrected chi connectivity index (χ3v) is 1.74.